The van der Waals surface area contributed by atoms with Crippen molar-refractivity contribution in [2.75, 3.05) is 17.2 Å². The summed E-state index contributed by atoms with van der Waals surface area (Å²) < 4.78 is 0. The lowest BCUT2D eigenvalue weighted by molar-refractivity contribution is -0.123. The van der Waals surface area contributed by atoms with Gasteiger partial charge in [-0.05, 0) is 37.8 Å². The van der Waals surface area contributed by atoms with E-state index in [1.807, 2.05) is 24.3 Å². The minimum absolute atomic E-state index is 0. The Balaban J connectivity index is 0.00000169. The summed E-state index contributed by atoms with van der Waals surface area (Å²) in [5.41, 5.74) is 0.856. The molecule has 2 atom stereocenters. The molecule has 2 unspecified atom stereocenters. The zero-order valence-electron chi connectivity index (χ0n) is 13.4. The molecule has 3 aliphatic rings. The minimum atomic E-state index is -0.0497. The third kappa shape index (κ3) is 3.55. The number of benzene rings is 1. The molecule has 3 heterocycles. The van der Waals surface area contributed by atoms with E-state index in [0.29, 0.717) is 17.8 Å². The van der Waals surface area contributed by atoms with Crippen molar-refractivity contribution in [3.05, 3.63) is 24.3 Å². The van der Waals surface area contributed by atoms with Gasteiger partial charge >= 0.3 is 0 Å². The molecular weight excluding hydrogens is 346 g/mol. The van der Waals surface area contributed by atoms with Gasteiger partial charge < -0.3 is 15.5 Å². The van der Waals surface area contributed by atoms with Gasteiger partial charge in [0.1, 0.15) is 6.54 Å². The third-order valence-electron chi connectivity index (χ3n) is 4.95. The molecule has 1 aromatic rings. The number of para-hydroxylation sites is 1. The number of hydrogen-bond acceptors (Lipinski definition) is 4. The average molecular weight is 368 g/mol. The van der Waals surface area contributed by atoms with E-state index in [1.165, 1.54) is 12.8 Å². The van der Waals surface area contributed by atoms with Gasteiger partial charge in [-0.3, -0.25) is 9.59 Å². The topological polar surface area (TPSA) is 61.4 Å². The summed E-state index contributed by atoms with van der Waals surface area (Å²) in [7, 11) is 0. The maximum Gasteiger partial charge on any atom is 0.240 e. The SMILES string of the molecule is Cl.O=C(CN1C(=O)CSc2ccccc21)NC1CC2CCC(C1)N2. The number of carbonyl (C=O) groups excluding carboxylic acids is 2. The molecule has 2 N–H and O–H groups in total. The highest BCUT2D eigenvalue weighted by Crippen LogP contribution is 2.34. The number of piperidine rings is 1. The Morgan fingerprint density at radius 3 is 2.71 bits per heavy atom. The first kappa shape index (κ1) is 17.6. The molecule has 2 saturated heterocycles. The molecule has 5 nitrogen and oxygen atoms in total. The molecule has 24 heavy (non-hydrogen) atoms. The predicted molar refractivity (Wildman–Crippen MR) is 97.9 cm³/mol. The van der Waals surface area contributed by atoms with Gasteiger partial charge in [0.25, 0.3) is 0 Å². The molecule has 2 fully saturated rings. The molecule has 3 aliphatic heterocycles. The number of fused-ring (bicyclic) bond motifs is 3. The van der Waals surface area contributed by atoms with Gasteiger partial charge in [-0.1, -0.05) is 12.1 Å². The lowest BCUT2D eigenvalue weighted by Crippen LogP contribution is -2.51. The zero-order valence-corrected chi connectivity index (χ0v) is 15.0. The summed E-state index contributed by atoms with van der Waals surface area (Å²) in [5, 5.41) is 6.72. The standard InChI is InChI=1S/C17H21N3O2S.ClH/c21-16(19-13-7-11-5-6-12(8-13)18-11)9-20-14-3-1-2-4-15(14)23-10-17(20)22;/h1-4,11-13,18H,5-10H2,(H,19,21);1H. The molecule has 130 valence electrons. The number of amides is 2. The average Bonchev–Trinajstić information content (AvgIpc) is 2.89. The monoisotopic (exact) mass is 367 g/mol. The molecule has 4 rings (SSSR count). The Labute approximate surface area is 152 Å². The Kier molecular flexibility index (Phi) is 5.37. The van der Waals surface area contributed by atoms with E-state index in [9.17, 15) is 9.59 Å². The summed E-state index contributed by atoms with van der Waals surface area (Å²) >= 11 is 1.54. The molecule has 0 radical (unpaired) electrons. The quantitative estimate of drug-likeness (QED) is 0.857. The van der Waals surface area contributed by atoms with Crippen LogP contribution in [0.5, 0.6) is 0 Å². The summed E-state index contributed by atoms with van der Waals surface area (Å²) in [6.45, 7) is 0.121. The maximum atomic E-state index is 12.4. The Hall–Kier alpha value is -1.24. The maximum absolute atomic E-state index is 12.4. The highest BCUT2D eigenvalue weighted by atomic mass is 35.5. The van der Waals surface area contributed by atoms with Crippen molar-refractivity contribution < 1.29 is 9.59 Å². The molecule has 0 spiro atoms. The van der Waals surface area contributed by atoms with Crippen LogP contribution in [0.15, 0.2) is 29.2 Å². The van der Waals surface area contributed by atoms with Crippen LogP contribution >= 0.6 is 24.2 Å². The van der Waals surface area contributed by atoms with Gasteiger partial charge in [-0.15, -0.1) is 24.2 Å². The summed E-state index contributed by atoms with van der Waals surface area (Å²) in [6, 6.07) is 9.13. The number of anilines is 1. The zero-order chi connectivity index (χ0) is 15.8. The van der Waals surface area contributed by atoms with Crippen LogP contribution in [0, 0.1) is 0 Å². The molecule has 1 aromatic carbocycles. The van der Waals surface area contributed by atoms with Crippen LogP contribution in [0.1, 0.15) is 25.7 Å². The second-order valence-electron chi connectivity index (χ2n) is 6.61. The van der Waals surface area contributed by atoms with Crippen LogP contribution in [0.2, 0.25) is 0 Å². The number of rotatable bonds is 3. The van der Waals surface area contributed by atoms with Crippen LogP contribution in [0.3, 0.4) is 0 Å². The van der Waals surface area contributed by atoms with E-state index in [1.54, 1.807) is 16.7 Å². The number of nitrogens with one attached hydrogen (secondary N) is 2. The first-order chi connectivity index (χ1) is 11.2. The van der Waals surface area contributed by atoms with Gasteiger partial charge in [0.05, 0.1) is 11.4 Å². The number of hydrogen-bond donors (Lipinski definition) is 2. The lowest BCUT2D eigenvalue weighted by Gasteiger charge is -2.32. The van der Waals surface area contributed by atoms with Gasteiger partial charge in [-0.25, -0.2) is 0 Å². The Morgan fingerprint density at radius 1 is 1.25 bits per heavy atom. The van der Waals surface area contributed by atoms with Crippen molar-refractivity contribution in [3.8, 4) is 0 Å². The third-order valence-corrected chi connectivity index (χ3v) is 6.00. The predicted octanol–water partition coefficient (Wildman–Crippen LogP) is 1.95. The van der Waals surface area contributed by atoms with E-state index in [0.717, 1.165) is 23.4 Å². The van der Waals surface area contributed by atoms with Crippen molar-refractivity contribution >= 4 is 41.7 Å². The van der Waals surface area contributed by atoms with Gasteiger partial charge in [0.2, 0.25) is 11.8 Å². The highest BCUT2D eigenvalue weighted by molar-refractivity contribution is 8.00. The fraction of sp³-hybridized carbons (Fsp3) is 0.529. The van der Waals surface area contributed by atoms with E-state index in [4.69, 9.17) is 0 Å². The van der Waals surface area contributed by atoms with Crippen LogP contribution in [-0.2, 0) is 9.59 Å². The molecule has 0 aromatic heterocycles. The van der Waals surface area contributed by atoms with Gasteiger partial charge in [0.15, 0.2) is 0 Å². The fourth-order valence-electron chi connectivity index (χ4n) is 3.92. The van der Waals surface area contributed by atoms with Crippen molar-refractivity contribution in [2.24, 2.45) is 0 Å². The van der Waals surface area contributed by atoms with E-state index < -0.39 is 0 Å². The van der Waals surface area contributed by atoms with Crippen LogP contribution < -0.4 is 15.5 Å². The summed E-state index contributed by atoms with van der Waals surface area (Å²) in [4.78, 5) is 27.3. The smallest absolute Gasteiger partial charge is 0.240 e. The van der Waals surface area contributed by atoms with Crippen molar-refractivity contribution in [1.82, 2.24) is 10.6 Å². The Morgan fingerprint density at radius 2 is 1.96 bits per heavy atom. The summed E-state index contributed by atoms with van der Waals surface area (Å²) in [6.07, 6.45) is 4.43. The number of nitrogens with zero attached hydrogens (tertiary/aromatic N) is 1. The number of carbonyl (C=O) groups is 2. The second-order valence-corrected chi connectivity index (χ2v) is 7.63. The van der Waals surface area contributed by atoms with Gasteiger partial charge in [0, 0.05) is 23.0 Å². The Bertz CT molecular complexity index is 630. The minimum Gasteiger partial charge on any atom is -0.352 e. The molecule has 0 aliphatic carbocycles. The van der Waals surface area contributed by atoms with E-state index in [2.05, 4.69) is 10.6 Å². The number of thioether (sulfide) groups is 1. The molecule has 0 saturated carbocycles. The van der Waals surface area contributed by atoms with Crippen molar-refractivity contribution in [3.63, 3.8) is 0 Å². The molecule has 2 bridgehead atoms. The first-order valence-corrected chi connectivity index (χ1v) is 9.25. The van der Waals surface area contributed by atoms with E-state index >= 15 is 0 Å². The first-order valence-electron chi connectivity index (χ1n) is 8.26. The second kappa shape index (κ2) is 7.33. The summed E-state index contributed by atoms with van der Waals surface area (Å²) in [5.74, 6) is 0.363. The highest BCUT2D eigenvalue weighted by Gasteiger charge is 2.34. The fourth-order valence-corrected chi connectivity index (χ4v) is 4.86. The van der Waals surface area contributed by atoms with Crippen LogP contribution in [0.25, 0.3) is 0 Å². The molecular formula is C17H22ClN3O2S. The van der Waals surface area contributed by atoms with Gasteiger partial charge in [-0.2, -0.15) is 0 Å². The lowest BCUT2D eigenvalue weighted by atomic mass is 10.00. The number of halogens is 1. The van der Waals surface area contributed by atoms with E-state index in [-0.39, 0.29) is 36.8 Å². The van der Waals surface area contributed by atoms with Crippen molar-refractivity contribution in [1.29, 1.82) is 0 Å². The van der Waals surface area contributed by atoms with Crippen LogP contribution in [-0.4, -0.2) is 42.2 Å². The molecule has 2 amide bonds. The van der Waals surface area contributed by atoms with Crippen molar-refractivity contribution in [2.45, 2.75) is 48.7 Å². The largest absolute Gasteiger partial charge is 0.352 e. The normalized spacial score (nSPS) is 28.1. The molecule has 7 heteroatoms. The van der Waals surface area contributed by atoms with Crippen LogP contribution in [0.4, 0.5) is 5.69 Å².